The third kappa shape index (κ3) is 3.32. The molecule has 1 aromatic rings. The molecular weight excluding hydrogens is 282 g/mol. The van der Waals surface area contributed by atoms with Crippen LogP contribution in [0.4, 0.5) is 0 Å². The van der Waals surface area contributed by atoms with Crippen LogP contribution < -0.4 is 14.8 Å². The van der Waals surface area contributed by atoms with Gasteiger partial charge in [-0.3, -0.25) is 0 Å². The molecule has 2 heterocycles. The molecule has 3 nitrogen and oxygen atoms in total. The summed E-state index contributed by atoms with van der Waals surface area (Å²) in [6, 6.07) is 6.39. The fourth-order valence-electron chi connectivity index (χ4n) is 3.24. The minimum Gasteiger partial charge on any atom is -0.493 e. The molecule has 21 heavy (non-hydrogen) atoms. The number of hydrogen-bond donors (Lipinski definition) is 1. The second kappa shape index (κ2) is 6.49. The van der Waals surface area contributed by atoms with Crippen LogP contribution >= 0.6 is 11.8 Å². The molecule has 2 aliphatic heterocycles. The summed E-state index contributed by atoms with van der Waals surface area (Å²) in [6.45, 7) is 3.38. The van der Waals surface area contributed by atoms with E-state index in [2.05, 4.69) is 24.4 Å². The van der Waals surface area contributed by atoms with Crippen molar-refractivity contribution in [3.63, 3.8) is 0 Å². The van der Waals surface area contributed by atoms with Crippen LogP contribution in [0.2, 0.25) is 0 Å². The molecule has 0 bridgehead atoms. The summed E-state index contributed by atoms with van der Waals surface area (Å²) in [5.74, 6) is 4.09. The first-order chi connectivity index (χ1) is 10.2. The van der Waals surface area contributed by atoms with Crippen molar-refractivity contribution in [2.45, 2.75) is 44.2 Å². The van der Waals surface area contributed by atoms with Crippen LogP contribution in [0, 0.1) is 0 Å². The average molecular weight is 307 g/mol. The van der Waals surface area contributed by atoms with Gasteiger partial charge in [-0.15, -0.1) is 0 Å². The molecule has 2 saturated heterocycles. The van der Waals surface area contributed by atoms with Crippen molar-refractivity contribution < 1.29 is 9.47 Å². The highest BCUT2D eigenvalue weighted by Crippen LogP contribution is 2.37. The summed E-state index contributed by atoms with van der Waals surface area (Å²) in [4.78, 5) is 0. The summed E-state index contributed by atoms with van der Waals surface area (Å²) in [5, 5.41) is 3.62. The van der Waals surface area contributed by atoms with Crippen LogP contribution in [-0.2, 0) is 5.54 Å². The van der Waals surface area contributed by atoms with Crippen LogP contribution in [-0.4, -0.2) is 31.3 Å². The van der Waals surface area contributed by atoms with Gasteiger partial charge in [-0.25, -0.2) is 0 Å². The van der Waals surface area contributed by atoms with E-state index in [1.54, 1.807) is 7.11 Å². The van der Waals surface area contributed by atoms with Crippen LogP contribution in [0.25, 0.3) is 0 Å². The molecule has 0 saturated carbocycles. The first-order valence-electron chi connectivity index (χ1n) is 7.89. The van der Waals surface area contributed by atoms with Crippen molar-refractivity contribution in [3.05, 3.63) is 23.8 Å². The highest BCUT2D eigenvalue weighted by molar-refractivity contribution is 7.99. The van der Waals surface area contributed by atoms with Gasteiger partial charge in [0.15, 0.2) is 11.5 Å². The van der Waals surface area contributed by atoms with Gasteiger partial charge in [0, 0.05) is 11.3 Å². The van der Waals surface area contributed by atoms with E-state index < -0.39 is 0 Å². The van der Waals surface area contributed by atoms with Crippen LogP contribution in [0.3, 0.4) is 0 Å². The Balaban J connectivity index is 1.82. The van der Waals surface area contributed by atoms with Gasteiger partial charge >= 0.3 is 0 Å². The van der Waals surface area contributed by atoms with Gasteiger partial charge in [-0.1, -0.05) is 6.07 Å². The minimum atomic E-state index is 0.0751. The van der Waals surface area contributed by atoms with Crippen molar-refractivity contribution in [1.82, 2.24) is 5.32 Å². The first kappa shape index (κ1) is 15.0. The monoisotopic (exact) mass is 307 g/mol. The van der Waals surface area contributed by atoms with Crippen molar-refractivity contribution in [2.24, 2.45) is 0 Å². The number of ether oxygens (including phenoxy) is 2. The van der Waals surface area contributed by atoms with Gasteiger partial charge in [-0.05, 0) is 62.6 Å². The summed E-state index contributed by atoms with van der Waals surface area (Å²) < 4.78 is 11.7. The maximum Gasteiger partial charge on any atom is 0.161 e. The highest BCUT2D eigenvalue weighted by atomic mass is 32.2. The van der Waals surface area contributed by atoms with E-state index in [0.29, 0.717) is 6.10 Å². The van der Waals surface area contributed by atoms with Crippen LogP contribution in [0.1, 0.15) is 38.2 Å². The molecule has 116 valence electrons. The van der Waals surface area contributed by atoms with Crippen molar-refractivity contribution >= 4 is 11.8 Å². The van der Waals surface area contributed by atoms with Crippen molar-refractivity contribution in [3.8, 4) is 11.5 Å². The molecule has 0 radical (unpaired) electrons. The standard InChI is InChI=1S/C17H25NO2S/c1-17(8-4-9-18-17)13-6-7-15(19-2)16(11-13)20-14-5-3-10-21-12-14/h6-7,11,14,18H,3-5,8-10,12H2,1-2H3. The highest BCUT2D eigenvalue weighted by Gasteiger charge is 2.31. The van der Waals surface area contributed by atoms with E-state index in [9.17, 15) is 0 Å². The lowest BCUT2D eigenvalue weighted by Crippen LogP contribution is -2.33. The van der Waals surface area contributed by atoms with Crippen molar-refractivity contribution in [2.75, 3.05) is 25.2 Å². The van der Waals surface area contributed by atoms with E-state index in [0.717, 1.165) is 30.2 Å². The smallest absolute Gasteiger partial charge is 0.161 e. The second-order valence-electron chi connectivity index (χ2n) is 6.19. The Hall–Kier alpha value is -0.870. The number of methoxy groups -OCH3 is 1. The molecule has 0 spiro atoms. The number of rotatable bonds is 4. The Kier molecular flexibility index (Phi) is 4.65. The van der Waals surface area contributed by atoms with Gasteiger partial charge in [-0.2, -0.15) is 11.8 Å². The minimum absolute atomic E-state index is 0.0751. The fourth-order valence-corrected chi connectivity index (χ4v) is 4.27. The van der Waals surface area contributed by atoms with E-state index in [-0.39, 0.29) is 5.54 Å². The van der Waals surface area contributed by atoms with Gasteiger partial charge < -0.3 is 14.8 Å². The molecule has 4 heteroatoms. The van der Waals surface area contributed by atoms with Crippen LogP contribution in [0.5, 0.6) is 11.5 Å². The predicted molar refractivity (Wildman–Crippen MR) is 88.6 cm³/mol. The Morgan fingerprint density at radius 1 is 1.29 bits per heavy atom. The maximum absolute atomic E-state index is 6.25. The van der Waals surface area contributed by atoms with E-state index in [4.69, 9.17) is 9.47 Å². The molecule has 2 unspecified atom stereocenters. The Morgan fingerprint density at radius 3 is 2.86 bits per heavy atom. The normalized spacial score (nSPS) is 29.3. The molecule has 3 rings (SSSR count). The topological polar surface area (TPSA) is 30.5 Å². The summed E-state index contributed by atoms with van der Waals surface area (Å²) >= 11 is 1.99. The second-order valence-corrected chi connectivity index (χ2v) is 7.33. The zero-order valence-electron chi connectivity index (χ0n) is 13.0. The predicted octanol–water partition coefficient (Wildman–Crippen LogP) is 3.57. The van der Waals surface area contributed by atoms with Gasteiger partial charge in [0.05, 0.1) is 7.11 Å². The molecule has 2 aliphatic rings. The molecule has 0 aromatic heterocycles. The average Bonchev–Trinajstić information content (AvgIpc) is 2.96. The molecule has 0 amide bonds. The van der Waals surface area contributed by atoms with Gasteiger partial charge in [0.1, 0.15) is 6.10 Å². The van der Waals surface area contributed by atoms with Crippen LogP contribution in [0.15, 0.2) is 18.2 Å². The lowest BCUT2D eigenvalue weighted by Gasteiger charge is -2.28. The van der Waals surface area contributed by atoms with E-state index in [1.807, 2.05) is 17.8 Å². The number of benzene rings is 1. The van der Waals surface area contributed by atoms with Gasteiger partial charge in [0.2, 0.25) is 0 Å². The Labute approximate surface area is 131 Å². The summed E-state index contributed by atoms with van der Waals surface area (Å²) in [5.41, 5.74) is 1.38. The van der Waals surface area contributed by atoms with Gasteiger partial charge in [0.25, 0.3) is 0 Å². The Morgan fingerprint density at radius 2 is 2.19 bits per heavy atom. The SMILES string of the molecule is COc1ccc(C2(C)CCCN2)cc1OC1CCCSC1. The molecule has 1 N–H and O–H groups in total. The van der Waals surface area contributed by atoms with E-state index in [1.165, 1.54) is 30.6 Å². The first-order valence-corrected chi connectivity index (χ1v) is 9.05. The third-order valence-electron chi connectivity index (χ3n) is 4.58. The number of thioether (sulfide) groups is 1. The number of nitrogens with one attached hydrogen (secondary N) is 1. The largest absolute Gasteiger partial charge is 0.493 e. The van der Waals surface area contributed by atoms with Crippen molar-refractivity contribution in [1.29, 1.82) is 0 Å². The fraction of sp³-hybridized carbons (Fsp3) is 0.647. The zero-order chi connectivity index (χ0) is 14.7. The lowest BCUT2D eigenvalue weighted by atomic mass is 9.90. The Bertz CT molecular complexity index is 480. The van der Waals surface area contributed by atoms with E-state index >= 15 is 0 Å². The quantitative estimate of drug-likeness (QED) is 0.921. The molecule has 1 aromatic carbocycles. The zero-order valence-corrected chi connectivity index (χ0v) is 13.8. The summed E-state index contributed by atoms with van der Waals surface area (Å²) in [7, 11) is 1.72. The maximum atomic E-state index is 6.25. The summed E-state index contributed by atoms with van der Waals surface area (Å²) in [6.07, 6.45) is 5.12. The number of hydrogen-bond acceptors (Lipinski definition) is 4. The molecule has 0 aliphatic carbocycles. The molecule has 2 fully saturated rings. The lowest BCUT2D eigenvalue weighted by molar-refractivity contribution is 0.201. The third-order valence-corrected chi connectivity index (χ3v) is 5.77. The molecule has 2 atom stereocenters. The molecular formula is C17H25NO2S.